The first-order chi connectivity index (χ1) is 14.1. The van der Waals surface area contributed by atoms with Crippen LogP contribution < -0.4 is 10.2 Å². The number of carboxylic acid groups (broad SMARTS) is 1. The van der Waals surface area contributed by atoms with Gasteiger partial charge >= 0.3 is 12.3 Å². The molecule has 7 nitrogen and oxygen atoms in total. The van der Waals surface area contributed by atoms with Crippen molar-refractivity contribution in [1.82, 2.24) is 14.9 Å². The monoisotopic (exact) mass is 443 g/mol. The molecule has 1 saturated heterocycles. The van der Waals surface area contributed by atoms with Gasteiger partial charge in [0, 0.05) is 43.2 Å². The first-order valence-electron chi connectivity index (χ1n) is 9.34. The normalized spacial score (nSPS) is 17.2. The molecule has 2 aromatic rings. The van der Waals surface area contributed by atoms with Gasteiger partial charge in [0.25, 0.3) is 0 Å². The topological polar surface area (TPSA) is 81.6 Å². The Morgan fingerprint density at radius 2 is 2.10 bits per heavy atom. The van der Waals surface area contributed by atoms with Crippen molar-refractivity contribution >= 4 is 35.0 Å². The number of carbonyl (C=O) groups is 1. The van der Waals surface area contributed by atoms with Crippen LogP contribution in [0.4, 0.5) is 35.3 Å². The van der Waals surface area contributed by atoms with Crippen LogP contribution in [0.25, 0.3) is 0 Å². The Hall–Kier alpha value is -2.75. The lowest BCUT2D eigenvalue weighted by Gasteiger charge is -2.40. The predicted octanol–water partition coefficient (Wildman–Crippen LogP) is 4.64. The van der Waals surface area contributed by atoms with Crippen molar-refractivity contribution in [2.75, 3.05) is 29.9 Å². The van der Waals surface area contributed by atoms with Crippen LogP contribution in [-0.2, 0) is 12.6 Å². The Morgan fingerprint density at radius 3 is 2.67 bits per heavy atom. The van der Waals surface area contributed by atoms with Gasteiger partial charge in [-0.3, -0.25) is 0 Å². The second-order valence-electron chi connectivity index (χ2n) is 6.99. The molecule has 0 radical (unpaired) electrons. The number of hydrogen-bond acceptors (Lipinski definition) is 5. The number of rotatable bonds is 4. The first-order valence-corrected chi connectivity index (χ1v) is 9.72. The van der Waals surface area contributed by atoms with Crippen molar-refractivity contribution in [3.63, 3.8) is 0 Å². The summed E-state index contributed by atoms with van der Waals surface area (Å²) in [6.45, 7) is 5.32. The predicted molar refractivity (Wildman–Crippen MR) is 108 cm³/mol. The molecule has 11 heteroatoms. The highest BCUT2D eigenvalue weighted by atomic mass is 35.5. The molecule has 0 aliphatic carbocycles. The van der Waals surface area contributed by atoms with Gasteiger partial charge < -0.3 is 20.2 Å². The average Bonchev–Trinajstić information content (AvgIpc) is 2.67. The van der Waals surface area contributed by atoms with Gasteiger partial charge in [0.05, 0.1) is 0 Å². The molecule has 0 spiro atoms. The van der Waals surface area contributed by atoms with Crippen LogP contribution >= 0.6 is 11.6 Å². The van der Waals surface area contributed by atoms with Gasteiger partial charge in [-0.2, -0.15) is 13.2 Å². The molecule has 1 aromatic heterocycles. The van der Waals surface area contributed by atoms with E-state index in [-0.39, 0.29) is 12.0 Å². The number of piperazine rings is 1. The highest BCUT2D eigenvalue weighted by Gasteiger charge is 2.34. The summed E-state index contributed by atoms with van der Waals surface area (Å²) in [5.74, 6) is -0.0288. The molecule has 2 N–H and O–H groups in total. The summed E-state index contributed by atoms with van der Waals surface area (Å²) >= 11 is 5.67. The molecule has 1 amide bonds. The SMILES string of the molecule is CCc1cc(N2CCN(C(=O)O)C[C@@H]2C)ccc1Nc1ncc(C(F)(F)F)c(Cl)n1. The number of halogens is 4. The maximum absolute atomic E-state index is 12.8. The van der Waals surface area contributed by atoms with Crippen molar-refractivity contribution in [3.05, 3.63) is 40.7 Å². The second kappa shape index (κ2) is 8.55. The standard InChI is InChI=1S/C19H21ClF3N5O2/c1-3-12-8-13(28-7-6-27(18(29)30)10-11(28)2)4-5-15(12)25-17-24-9-14(16(20)26-17)19(21,22)23/h4-5,8-9,11H,3,6-7,10H2,1-2H3,(H,29,30)(H,24,25,26)/t11-/m0/s1. The van der Waals surface area contributed by atoms with Crippen LogP contribution in [0.5, 0.6) is 0 Å². The van der Waals surface area contributed by atoms with E-state index in [1.807, 2.05) is 26.0 Å². The maximum atomic E-state index is 12.8. The Labute approximate surface area is 176 Å². The largest absolute Gasteiger partial charge is 0.465 e. The fraction of sp³-hybridized carbons (Fsp3) is 0.421. The molecule has 0 unspecified atom stereocenters. The minimum absolute atomic E-state index is 0.00965. The second-order valence-corrected chi connectivity index (χ2v) is 7.34. The minimum Gasteiger partial charge on any atom is -0.465 e. The maximum Gasteiger partial charge on any atom is 0.420 e. The van der Waals surface area contributed by atoms with Gasteiger partial charge in [0.15, 0.2) is 0 Å². The summed E-state index contributed by atoms with van der Waals surface area (Å²) in [6.07, 6.45) is -4.23. The number of benzene rings is 1. The van der Waals surface area contributed by atoms with Crippen LogP contribution in [0.15, 0.2) is 24.4 Å². The van der Waals surface area contributed by atoms with Crippen LogP contribution in [0.2, 0.25) is 5.15 Å². The number of hydrogen-bond donors (Lipinski definition) is 2. The Morgan fingerprint density at radius 1 is 1.37 bits per heavy atom. The van der Waals surface area contributed by atoms with Gasteiger partial charge in [-0.25, -0.2) is 14.8 Å². The van der Waals surface area contributed by atoms with Crippen LogP contribution in [-0.4, -0.2) is 51.7 Å². The molecule has 3 rings (SSSR count). The van der Waals surface area contributed by atoms with E-state index in [0.29, 0.717) is 37.9 Å². The Balaban J connectivity index is 1.80. The number of aryl methyl sites for hydroxylation is 1. The Kier molecular flexibility index (Phi) is 6.25. The molecule has 1 aliphatic rings. The van der Waals surface area contributed by atoms with Crippen molar-refractivity contribution in [1.29, 1.82) is 0 Å². The molecule has 0 saturated carbocycles. The highest BCUT2D eigenvalue weighted by molar-refractivity contribution is 6.30. The molecule has 162 valence electrons. The molecular weight excluding hydrogens is 423 g/mol. The summed E-state index contributed by atoms with van der Waals surface area (Å²) in [7, 11) is 0. The third-order valence-corrected chi connectivity index (χ3v) is 5.28. The molecule has 1 aromatic carbocycles. The van der Waals surface area contributed by atoms with E-state index in [9.17, 15) is 18.0 Å². The number of alkyl halides is 3. The molecule has 0 bridgehead atoms. The smallest absolute Gasteiger partial charge is 0.420 e. The van der Waals surface area contributed by atoms with Gasteiger partial charge in [-0.1, -0.05) is 18.5 Å². The summed E-state index contributed by atoms with van der Waals surface area (Å²) in [4.78, 5) is 22.1. The van der Waals surface area contributed by atoms with E-state index in [1.165, 1.54) is 4.90 Å². The number of amides is 1. The fourth-order valence-electron chi connectivity index (χ4n) is 3.42. The lowest BCUT2D eigenvalue weighted by molar-refractivity contribution is -0.137. The van der Waals surface area contributed by atoms with Crippen molar-refractivity contribution in [2.45, 2.75) is 32.5 Å². The Bertz CT molecular complexity index is 941. The van der Waals surface area contributed by atoms with E-state index >= 15 is 0 Å². The molecule has 30 heavy (non-hydrogen) atoms. The summed E-state index contributed by atoms with van der Waals surface area (Å²) < 4.78 is 38.5. The zero-order valence-corrected chi connectivity index (χ0v) is 17.1. The van der Waals surface area contributed by atoms with E-state index in [2.05, 4.69) is 20.2 Å². The van der Waals surface area contributed by atoms with Crippen LogP contribution in [0.3, 0.4) is 0 Å². The lowest BCUT2D eigenvalue weighted by Crippen LogP contribution is -2.53. The zero-order valence-electron chi connectivity index (χ0n) is 16.4. The highest BCUT2D eigenvalue weighted by Crippen LogP contribution is 2.34. The van der Waals surface area contributed by atoms with E-state index in [0.717, 1.165) is 11.3 Å². The molecule has 2 heterocycles. The minimum atomic E-state index is -4.62. The third kappa shape index (κ3) is 4.69. The van der Waals surface area contributed by atoms with Crippen molar-refractivity contribution in [3.8, 4) is 0 Å². The van der Waals surface area contributed by atoms with Crippen LogP contribution in [0, 0.1) is 0 Å². The van der Waals surface area contributed by atoms with Crippen molar-refractivity contribution < 1.29 is 23.1 Å². The molecule has 1 aliphatic heterocycles. The lowest BCUT2D eigenvalue weighted by atomic mass is 10.1. The number of nitrogens with one attached hydrogen (secondary N) is 1. The molecular formula is C19H21ClF3N5O2. The van der Waals surface area contributed by atoms with Gasteiger partial charge in [-0.15, -0.1) is 0 Å². The molecule has 1 fully saturated rings. The average molecular weight is 444 g/mol. The number of aromatic nitrogens is 2. The third-order valence-electron chi connectivity index (χ3n) is 4.99. The summed E-state index contributed by atoms with van der Waals surface area (Å²) in [5.41, 5.74) is 1.44. The summed E-state index contributed by atoms with van der Waals surface area (Å²) in [6, 6.07) is 5.66. The number of anilines is 3. The summed E-state index contributed by atoms with van der Waals surface area (Å²) in [5, 5.41) is 11.4. The van der Waals surface area contributed by atoms with E-state index < -0.39 is 23.0 Å². The van der Waals surface area contributed by atoms with E-state index in [4.69, 9.17) is 16.7 Å². The quantitative estimate of drug-likeness (QED) is 0.670. The van der Waals surface area contributed by atoms with E-state index in [1.54, 1.807) is 6.07 Å². The number of nitrogens with zero attached hydrogens (tertiary/aromatic N) is 4. The van der Waals surface area contributed by atoms with Gasteiger partial charge in [-0.05, 0) is 37.1 Å². The first kappa shape index (κ1) is 21.9. The van der Waals surface area contributed by atoms with Gasteiger partial charge in [0.1, 0.15) is 10.7 Å². The molecule has 1 atom stereocenters. The van der Waals surface area contributed by atoms with Gasteiger partial charge in [0.2, 0.25) is 5.95 Å². The fourth-order valence-corrected chi connectivity index (χ4v) is 3.66. The van der Waals surface area contributed by atoms with Crippen molar-refractivity contribution in [2.24, 2.45) is 0 Å². The van der Waals surface area contributed by atoms with Crippen LogP contribution in [0.1, 0.15) is 25.0 Å². The zero-order chi connectivity index (χ0) is 22.1.